The van der Waals surface area contributed by atoms with Crippen LogP contribution in [0.3, 0.4) is 0 Å². The van der Waals surface area contributed by atoms with Gasteiger partial charge in [0, 0.05) is 17.5 Å². The largest absolute Gasteiger partial charge is 0.346 e. The van der Waals surface area contributed by atoms with Crippen LogP contribution >= 0.6 is 0 Å². The topological polar surface area (TPSA) is 94.3 Å². The van der Waals surface area contributed by atoms with Crippen LogP contribution in [0.15, 0.2) is 53.3 Å². The van der Waals surface area contributed by atoms with Crippen molar-refractivity contribution in [1.82, 2.24) is 35.0 Å². The van der Waals surface area contributed by atoms with Crippen molar-refractivity contribution in [3.05, 3.63) is 70.4 Å². The fourth-order valence-corrected chi connectivity index (χ4v) is 4.51. The van der Waals surface area contributed by atoms with Crippen molar-refractivity contribution in [1.29, 1.82) is 0 Å². The van der Waals surface area contributed by atoms with E-state index in [1.807, 2.05) is 22.8 Å². The summed E-state index contributed by atoms with van der Waals surface area (Å²) in [6, 6.07) is 16.4. The van der Waals surface area contributed by atoms with Gasteiger partial charge >= 0.3 is 5.69 Å². The number of aromatic amines is 1. The van der Waals surface area contributed by atoms with Gasteiger partial charge in [-0.3, -0.25) is 4.57 Å². The highest BCUT2D eigenvalue weighted by Gasteiger charge is 2.25. The molecule has 0 saturated carbocycles. The molecule has 0 aliphatic rings. The quantitative estimate of drug-likeness (QED) is 0.278. The highest BCUT2D eigenvalue weighted by atomic mass is 16.2. The predicted octanol–water partition coefficient (Wildman–Crippen LogP) is 5.60. The molecular formula is C28H37N7O. The molecule has 0 radical (unpaired) electrons. The second-order valence-corrected chi connectivity index (χ2v) is 10.4. The third-order valence-corrected chi connectivity index (χ3v) is 6.45. The van der Waals surface area contributed by atoms with Gasteiger partial charge in [0.05, 0.1) is 6.54 Å². The summed E-state index contributed by atoms with van der Waals surface area (Å²) in [6.45, 7) is 9.72. The molecule has 0 spiro atoms. The molecule has 0 saturated heterocycles. The zero-order valence-corrected chi connectivity index (χ0v) is 21.9. The molecule has 4 aromatic rings. The van der Waals surface area contributed by atoms with Crippen molar-refractivity contribution < 1.29 is 0 Å². The molecule has 1 N–H and O–H groups in total. The first-order valence-electron chi connectivity index (χ1n) is 13.0. The molecule has 0 unspecified atom stereocenters. The van der Waals surface area contributed by atoms with Gasteiger partial charge in [-0.15, -0.1) is 5.10 Å². The predicted molar refractivity (Wildman–Crippen MR) is 143 cm³/mol. The van der Waals surface area contributed by atoms with E-state index in [-0.39, 0.29) is 11.1 Å². The zero-order valence-electron chi connectivity index (χ0n) is 21.9. The van der Waals surface area contributed by atoms with Crippen molar-refractivity contribution in [3.8, 4) is 22.5 Å². The van der Waals surface area contributed by atoms with Gasteiger partial charge in [-0.2, -0.15) is 5.10 Å². The van der Waals surface area contributed by atoms with Gasteiger partial charge in [-0.25, -0.2) is 14.6 Å². The Morgan fingerprint density at radius 2 is 1.58 bits per heavy atom. The second-order valence-electron chi connectivity index (χ2n) is 10.4. The van der Waals surface area contributed by atoms with E-state index in [1.165, 1.54) is 25.7 Å². The van der Waals surface area contributed by atoms with E-state index >= 15 is 0 Å². The van der Waals surface area contributed by atoms with Crippen LogP contribution in [0.1, 0.15) is 77.6 Å². The van der Waals surface area contributed by atoms with E-state index in [0.717, 1.165) is 40.9 Å². The molecule has 0 bridgehead atoms. The number of nitrogens with zero attached hydrogens (tertiary/aromatic N) is 6. The van der Waals surface area contributed by atoms with Crippen molar-refractivity contribution in [3.63, 3.8) is 0 Å². The molecule has 2 aromatic carbocycles. The van der Waals surface area contributed by atoms with Crippen LogP contribution in [-0.4, -0.2) is 35.0 Å². The Kier molecular flexibility index (Phi) is 8.13. The first-order chi connectivity index (χ1) is 17.4. The fraction of sp³-hybridized carbons (Fsp3) is 0.464. The van der Waals surface area contributed by atoms with E-state index in [0.29, 0.717) is 18.9 Å². The van der Waals surface area contributed by atoms with E-state index < -0.39 is 0 Å². The maximum absolute atomic E-state index is 13.3. The van der Waals surface area contributed by atoms with E-state index in [4.69, 9.17) is 5.10 Å². The second kappa shape index (κ2) is 11.5. The maximum Gasteiger partial charge on any atom is 0.346 e. The molecule has 0 aliphatic heterocycles. The number of aromatic nitrogens is 7. The maximum atomic E-state index is 13.3. The van der Waals surface area contributed by atoms with Gasteiger partial charge in [-0.1, -0.05) is 108 Å². The van der Waals surface area contributed by atoms with Crippen LogP contribution in [0.5, 0.6) is 0 Å². The summed E-state index contributed by atoms with van der Waals surface area (Å²) in [5, 5.41) is 19.1. The van der Waals surface area contributed by atoms with E-state index in [2.05, 4.69) is 78.7 Å². The van der Waals surface area contributed by atoms with Gasteiger partial charge in [0.15, 0.2) is 5.82 Å². The summed E-state index contributed by atoms with van der Waals surface area (Å²) in [5.41, 5.74) is 3.85. The van der Waals surface area contributed by atoms with Gasteiger partial charge < -0.3 is 0 Å². The monoisotopic (exact) mass is 487 g/mol. The minimum Gasteiger partial charge on any atom is -0.274 e. The Hall–Kier alpha value is -3.55. The highest BCUT2D eigenvalue weighted by molar-refractivity contribution is 5.80. The van der Waals surface area contributed by atoms with Gasteiger partial charge in [-0.05, 0) is 33.5 Å². The molecule has 0 aliphatic carbocycles. The first-order valence-corrected chi connectivity index (χ1v) is 13.0. The van der Waals surface area contributed by atoms with Crippen LogP contribution < -0.4 is 5.69 Å². The molecule has 0 amide bonds. The standard InChI is InChI=1S/C28H37N7O/c1-5-6-7-8-9-12-19-35-27(36)34(26(31-35)28(2,3)4)20-21-15-17-22(18-16-21)23-13-10-11-14-24(23)25-29-32-33-30-25/h10-11,13-18H,5-9,12,19-20H2,1-4H3,(H,29,30,32,33). The summed E-state index contributed by atoms with van der Waals surface area (Å²) in [6.07, 6.45) is 7.13. The lowest BCUT2D eigenvalue weighted by Gasteiger charge is -2.18. The average molecular weight is 488 g/mol. The number of tetrazole rings is 1. The molecule has 0 fully saturated rings. The lowest BCUT2D eigenvalue weighted by molar-refractivity contribution is 0.490. The fourth-order valence-electron chi connectivity index (χ4n) is 4.51. The molecule has 4 rings (SSSR count). The number of hydrogen-bond acceptors (Lipinski definition) is 5. The smallest absolute Gasteiger partial charge is 0.274 e. The summed E-state index contributed by atoms with van der Waals surface area (Å²) in [7, 11) is 0. The van der Waals surface area contributed by atoms with Gasteiger partial charge in [0.1, 0.15) is 5.82 Å². The highest BCUT2D eigenvalue weighted by Crippen LogP contribution is 2.30. The Bertz CT molecular complexity index is 1300. The SMILES string of the molecule is CCCCCCCCn1nc(C(C)(C)C)n(Cc2ccc(-c3ccccc3-c3nnn[nH]3)cc2)c1=O. The Morgan fingerprint density at radius 1 is 0.889 bits per heavy atom. The minimum absolute atomic E-state index is 0.0271. The van der Waals surface area contributed by atoms with E-state index in [9.17, 15) is 4.79 Å². The molecule has 190 valence electrons. The Labute approximate surface area is 212 Å². The third-order valence-electron chi connectivity index (χ3n) is 6.45. The first kappa shape index (κ1) is 25.5. The number of benzene rings is 2. The molecular weight excluding hydrogens is 450 g/mol. The van der Waals surface area contributed by atoms with Gasteiger partial charge in [0.2, 0.25) is 0 Å². The molecule has 0 atom stereocenters. The lowest BCUT2D eigenvalue weighted by Crippen LogP contribution is -2.28. The van der Waals surface area contributed by atoms with Crippen LogP contribution in [-0.2, 0) is 18.5 Å². The molecule has 8 nitrogen and oxygen atoms in total. The summed E-state index contributed by atoms with van der Waals surface area (Å²) in [4.78, 5) is 13.3. The Morgan fingerprint density at radius 3 is 2.25 bits per heavy atom. The van der Waals surface area contributed by atoms with Gasteiger partial charge in [0.25, 0.3) is 0 Å². The number of hydrogen-bond donors (Lipinski definition) is 1. The Balaban J connectivity index is 1.53. The van der Waals surface area contributed by atoms with Crippen LogP contribution in [0.25, 0.3) is 22.5 Å². The van der Waals surface area contributed by atoms with E-state index in [1.54, 1.807) is 4.68 Å². The average Bonchev–Trinajstić information content (AvgIpc) is 3.51. The van der Waals surface area contributed by atoms with Crippen LogP contribution in [0.4, 0.5) is 0 Å². The van der Waals surface area contributed by atoms with Crippen molar-refractivity contribution in [2.24, 2.45) is 0 Å². The number of rotatable bonds is 11. The number of unbranched alkanes of at least 4 members (excludes halogenated alkanes) is 5. The molecule has 8 heteroatoms. The summed E-state index contributed by atoms with van der Waals surface area (Å²) >= 11 is 0. The molecule has 36 heavy (non-hydrogen) atoms. The lowest BCUT2D eigenvalue weighted by atomic mass is 9.95. The van der Waals surface area contributed by atoms with Crippen LogP contribution in [0, 0.1) is 0 Å². The molecule has 2 heterocycles. The number of nitrogens with one attached hydrogen (secondary N) is 1. The van der Waals surface area contributed by atoms with Crippen molar-refractivity contribution in [2.75, 3.05) is 0 Å². The van der Waals surface area contributed by atoms with Crippen LogP contribution in [0.2, 0.25) is 0 Å². The third kappa shape index (κ3) is 5.98. The van der Waals surface area contributed by atoms with Crippen molar-refractivity contribution >= 4 is 0 Å². The normalized spacial score (nSPS) is 11.8. The summed E-state index contributed by atoms with van der Waals surface area (Å²) < 4.78 is 3.50. The zero-order chi connectivity index (χ0) is 25.5. The van der Waals surface area contributed by atoms with Crippen molar-refractivity contribution in [2.45, 2.75) is 84.7 Å². The number of H-pyrrole nitrogens is 1. The molecule has 2 aromatic heterocycles. The summed E-state index contributed by atoms with van der Waals surface area (Å²) in [5.74, 6) is 1.46. The number of aryl methyl sites for hydroxylation is 1. The minimum atomic E-state index is -0.227.